The molecule has 3 saturated heterocycles. The number of ketones is 1. The highest BCUT2D eigenvalue weighted by molar-refractivity contribution is 7.99. The molecular formula is C13H19FN2O4S. The van der Waals surface area contributed by atoms with E-state index in [1.807, 2.05) is 4.90 Å². The van der Waals surface area contributed by atoms with E-state index in [4.69, 9.17) is 5.11 Å². The van der Waals surface area contributed by atoms with E-state index in [2.05, 4.69) is 5.32 Å². The van der Waals surface area contributed by atoms with Crippen LogP contribution in [-0.4, -0.2) is 70.0 Å². The molecule has 6 nitrogen and oxygen atoms in total. The fraction of sp³-hybridized carbons (Fsp3) is 0.769. The van der Waals surface area contributed by atoms with Crippen molar-refractivity contribution in [2.24, 2.45) is 0 Å². The van der Waals surface area contributed by atoms with E-state index in [9.17, 15) is 18.8 Å². The lowest BCUT2D eigenvalue weighted by Gasteiger charge is -2.47. The summed E-state index contributed by atoms with van der Waals surface area (Å²) in [6.45, 7) is 2.39. The van der Waals surface area contributed by atoms with Crippen molar-refractivity contribution in [1.29, 1.82) is 0 Å². The highest BCUT2D eigenvalue weighted by atomic mass is 32.2. The van der Waals surface area contributed by atoms with Crippen LogP contribution in [0.1, 0.15) is 19.8 Å². The lowest BCUT2D eigenvalue weighted by Crippen LogP contribution is -2.63. The molecule has 0 aromatic rings. The highest BCUT2D eigenvalue weighted by Crippen LogP contribution is 2.37. The summed E-state index contributed by atoms with van der Waals surface area (Å²) in [5.74, 6) is -1.39. The number of alkyl halides is 1. The molecule has 8 heteroatoms. The van der Waals surface area contributed by atoms with E-state index in [-0.39, 0.29) is 24.4 Å². The Hall–Kier alpha value is -1.15. The van der Waals surface area contributed by atoms with E-state index in [0.717, 1.165) is 0 Å². The molecule has 118 valence electrons. The highest BCUT2D eigenvalue weighted by Gasteiger charge is 2.52. The molecular weight excluding hydrogens is 299 g/mol. The van der Waals surface area contributed by atoms with Crippen molar-refractivity contribution in [2.75, 3.05) is 24.6 Å². The molecule has 1 unspecified atom stereocenters. The second-order valence-corrected chi connectivity index (χ2v) is 6.59. The standard InChI is InChI=1S/C13H19FN2O4S/c1-8(17)15-9(12(19)20)6-21-7-10-11(18)13(14)2-4-16(10)5-3-13/h9-10H,2-7H2,1H3,(H,15,17)(H,19,20)/t9-,10?/m0/s1. The van der Waals surface area contributed by atoms with Crippen molar-refractivity contribution in [1.82, 2.24) is 10.2 Å². The molecule has 2 atom stereocenters. The minimum atomic E-state index is -1.69. The van der Waals surface area contributed by atoms with Gasteiger partial charge in [0, 0.05) is 44.4 Å². The molecule has 2 bridgehead atoms. The van der Waals surface area contributed by atoms with Gasteiger partial charge in [0.05, 0.1) is 6.04 Å². The number of carbonyl (C=O) groups excluding carboxylic acids is 2. The van der Waals surface area contributed by atoms with Crippen molar-refractivity contribution in [3.8, 4) is 0 Å². The first-order valence-corrected chi connectivity index (χ1v) is 8.04. The fourth-order valence-electron chi connectivity index (χ4n) is 2.80. The molecule has 0 aromatic carbocycles. The van der Waals surface area contributed by atoms with E-state index in [0.29, 0.717) is 18.8 Å². The van der Waals surface area contributed by atoms with Gasteiger partial charge in [-0.2, -0.15) is 11.8 Å². The Bertz CT molecular complexity index is 451. The van der Waals surface area contributed by atoms with Gasteiger partial charge in [-0.05, 0) is 0 Å². The van der Waals surface area contributed by atoms with Gasteiger partial charge in [0.2, 0.25) is 5.91 Å². The van der Waals surface area contributed by atoms with E-state index in [1.54, 1.807) is 0 Å². The minimum Gasteiger partial charge on any atom is -0.480 e. The van der Waals surface area contributed by atoms with E-state index in [1.165, 1.54) is 18.7 Å². The first-order chi connectivity index (χ1) is 9.83. The smallest absolute Gasteiger partial charge is 0.327 e. The molecule has 3 aliphatic rings. The zero-order chi connectivity index (χ0) is 15.6. The number of piperidine rings is 3. The number of Topliss-reactive ketones (excluding diaryl/α,β-unsaturated/α-hetero) is 1. The Kier molecular flexibility index (Phi) is 4.88. The molecule has 0 aromatic heterocycles. The molecule has 3 aliphatic heterocycles. The van der Waals surface area contributed by atoms with Crippen LogP contribution in [0.2, 0.25) is 0 Å². The third-order valence-corrected chi connectivity index (χ3v) is 5.13. The number of thioether (sulfide) groups is 1. The second-order valence-electron chi connectivity index (χ2n) is 5.51. The number of nitrogens with one attached hydrogen (secondary N) is 1. The number of rotatable bonds is 6. The van der Waals surface area contributed by atoms with Crippen LogP contribution >= 0.6 is 11.8 Å². The number of carboxylic acid groups (broad SMARTS) is 1. The molecule has 1 amide bonds. The molecule has 0 spiro atoms. The van der Waals surface area contributed by atoms with Crippen LogP contribution in [0.5, 0.6) is 0 Å². The Morgan fingerprint density at radius 2 is 2.14 bits per heavy atom. The lowest BCUT2D eigenvalue weighted by atomic mass is 9.80. The van der Waals surface area contributed by atoms with Crippen molar-refractivity contribution in [2.45, 2.75) is 37.5 Å². The molecule has 3 fully saturated rings. The number of amides is 1. The number of hydrogen-bond acceptors (Lipinski definition) is 5. The van der Waals surface area contributed by atoms with Gasteiger partial charge in [-0.25, -0.2) is 9.18 Å². The molecule has 0 radical (unpaired) electrons. The van der Waals surface area contributed by atoms with Gasteiger partial charge in [-0.3, -0.25) is 14.5 Å². The predicted octanol–water partition coefficient (Wildman–Crippen LogP) is 0.0643. The van der Waals surface area contributed by atoms with Crippen LogP contribution in [0.4, 0.5) is 4.39 Å². The third-order valence-electron chi connectivity index (χ3n) is 4.01. The van der Waals surface area contributed by atoms with Crippen LogP contribution < -0.4 is 5.32 Å². The van der Waals surface area contributed by atoms with Crippen LogP contribution in [0, 0.1) is 0 Å². The second kappa shape index (κ2) is 6.31. The monoisotopic (exact) mass is 318 g/mol. The maximum absolute atomic E-state index is 14.3. The minimum absolute atomic E-state index is 0.159. The molecule has 21 heavy (non-hydrogen) atoms. The summed E-state index contributed by atoms with van der Waals surface area (Å²) in [5, 5.41) is 11.3. The zero-order valence-electron chi connectivity index (χ0n) is 11.8. The Balaban J connectivity index is 1.86. The zero-order valence-corrected chi connectivity index (χ0v) is 12.6. The van der Waals surface area contributed by atoms with Crippen molar-refractivity contribution < 1.29 is 23.9 Å². The van der Waals surface area contributed by atoms with Gasteiger partial charge >= 0.3 is 5.97 Å². The van der Waals surface area contributed by atoms with Gasteiger partial charge in [0.1, 0.15) is 6.04 Å². The van der Waals surface area contributed by atoms with Gasteiger partial charge < -0.3 is 10.4 Å². The fourth-order valence-corrected chi connectivity index (χ4v) is 3.98. The average Bonchev–Trinajstić information content (AvgIpc) is 2.41. The summed E-state index contributed by atoms with van der Waals surface area (Å²) in [7, 11) is 0. The first kappa shape index (κ1) is 16.2. The van der Waals surface area contributed by atoms with Gasteiger partial charge in [0.25, 0.3) is 0 Å². The first-order valence-electron chi connectivity index (χ1n) is 6.88. The van der Waals surface area contributed by atoms with E-state index < -0.39 is 29.6 Å². The summed E-state index contributed by atoms with van der Waals surface area (Å²) in [6, 6.07) is -1.47. The summed E-state index contributed by atoms with van der Waals surface area (Å²) in [6.07, 6.45) is 0.521. The summed E-state index contributed by atoms with van der Waals surface area (Å²) in [4.78, 5) is 36.0. The van der Waals surface area contributed by atoms with Crippen molar-refractivity contribution in [3.05, 3.63) is 0 Å². The summed E-state index contributed by atoms with van der Waals surface area (Å²) >= 11 is 1.26. The molecule has 3 rings (SSSR count). The average molecular weight is 318 g/mol. The Labute approximate surface area is 126 Å². The van der Waals surface area contributed by atoms with Crippen LogP contribution in [0.3, 0.4) is 0 Å². The Morgan fingerprint density at radius 1 is 1.52 bits per heavy atom. The predicted molar refractivity (Wildman–Crippen MR) is 76.0 cm³/mol. The van der Waals surface area contributed by atoms with Crippen LogP contribution in [-0.2, 0) is 14.4 Å². The molecule has 0 aliphatic carbocycles. The topological polar surface area (TPSA) is 86.7 Å². The maximum atomic E-state index is 14.3. The SMILES string of the molecule is CC(=O)N[C@@H](CSCC1C(=O)C2(F)CCN1CC2)C(=O)O. The number of halogens is 1. The van der Waals surface area contributed by atoms with Crippen molar-refractivity contribution >= 4 is 29.4 Å². The number of hydrogen-bond donors (Lipinski definition) is 2. The third kappa shape index (κ3) is 3.55. The lowest BCUT2D eigenvalue weighted by molar-refractivity contribution is -0.148. The molecule has 2 N–H and O–H groups in total. The van der Waals surface area contributed by atoms with Gasteiger partial charge in [-0.1, -0.05) is 0 Å². The number of fused-ring (bicyclic) bond motifs is 3. The Morgan fingerprint density at radius 3 is 2.67 bits per heavy atom. The normalized spacial score (nSPS) is 32.8. The quantitative estimate of drug-likeness (QED) is 0.720. The maximum Gasteiger partial charge on any atom is 0.327 e. The number of carboxylic acids is 1. The summed E-state index contributed by atoms with van der Waals surface area (Å²) < 4.78 is 14.3. The van der Waals surface area contributed by atoms with Gasteiger partial charge in [-0.15, -0.1) is 0 Å². The molecule has 0 saturated carbocycles. The summed E-state index contributed by atoms with van der Waals surface area (Å²) in [5.41, 5.74) is -1.69. The largest absolute Gasteiger partial charge is 0.480 e. The van der Waals surface area contributed by atoms with Crippen LogP contribution in [0.15, 0.2) is 0 Å². The number of carbonyl (C=O) groups is 3. The molecule has 3 heterocycles. The van der Waals surface area contributed by atoms with Crippen molar-refractivity contribution in [3.63, 3.8) is 0 Å². The van der Waals surface area contributed by atoms with E-state index >= 15 is 0 Å². The number of aliphatic carboxylic acids is 1. The van der Waals surface area contributed by atoms with Crippen LogP contribution in [0.25, 0.3) is 0 Å². The number of nitrogens with zero attached hydrogens (tertiary/aromatic N) is 1. The van der Waals surface area contributed by atoms with Gasteiger partial charge in [0.15, 0.2) is 11.5 Å².